The third-order valence-corrected chi connectivity index (χ3v) is 4.22. The van der Waals surface area contributed by atoms with E-state index in [0.29, 0.717) is 12.3 Å². The highest BCUT2D eigenvalue weighted by Crippen LogP contribution is 2.28. The van der Waals surface area contributed by atoms with Gasteiger partial charge in [0.25, 0.3) is 0 Å². The number of ether oxygens (including phenoxy) is 1. The second kappa shape index (κ2) is 7.98. The SMILES string of the molecule is COc1ccc(CNCCC2CCCCC2)cc1[N+](=O)[O-]. The first-order valence-electron chi connectivity index (χ1n) is 7.72. The van der Waals surface area contributed by atoms with Crippen LogP contribution in [0.25, 0.3) is 0 Å². The highest BCUT2D eigenvalue weighted by atomic mass is 16.6. The standard InChI is InChI=1S/C16H24N2O3/c1-21-16-8-7-14(11-15(16)18(19)20)12-17-10-9-13-5-3-2-4-6-13/h7-8,11,13,17H,2-6,9-10,12H2,1H3. The van der Waals surface area contributed by atoms with Crippen LogP contribution < -0.4 is 10.1 Å². The molecular weight excluding hydrogens is 268 g/mol. The highest BCUT2D eigenvalue weighted by molar-refractivity contribution is 5.48. The second-order valence-electron chi connectivity index (χ2n) is 5.73. The van der Waals surface area contributed by atoms with Crippen molar-refractivity contribution < 1.29 is 9.66 Å². The number of nitrogens with zero attached hydrogens (tertiary/aromatic N) is 1. The third-order valence-electron chi connectivity index (χ3n) is 4.22. The molecule has 1 aliphatic rings. The van der Waals surface area contributed by atoms with Crippen LogP contribution in [0.4, 0.5) is 5.69 Å². The van der Waals surface area contributed by atoms with Crippen LogP contribution in [0.3, 0.4) is 0 Å². The molecule has 0 spiro atoms. The minimum Gasteiger partial charge on any atom is -0.490 e. The molecule has 2 rings (SSSR count). The molecule has 116 valence electrons. The quantitative estimate of drug-likeness (QED) is 0.473. The molecule has 0 aliphatic heterocycles. The van der Waals surface area contributed by atoms with E-state index >= 15 is 0 Å². The van der Waals surface area contributed by atoms with Crippen molar-refractivity contribution in [2.75, 3.05) is 13.7 Å². The Bertz CT molecular complexity index is 471. The van der Waals surface area contributed by atoms with E-state index in [9.17, 15) is 10.1 Å². The normalized spacial score (nSPS) is 15.9. The molecule has 1 saturated carbocycles. The molecule has 5 heteroatoms. The van der Waals surface area contributed by atoms with Gasteiger partial charge in [0.2, 0.25) is 0 Å². The Labute approximate surface area is 125 Å². The lowest BCUT2D eigenvalue weighted by atomic mass is 9.87. The van der Waals surface area contributed by atoms with Crippen molar-refractivity contribution in [3.8, 4) is 5.75 Å². The topological polar surface area (TPSA) is 64.4 Å². The van der Waals surface area contributed by atoms with Gasteiger partial charge in [0.1, 0.15) is 0 Å². The molecule has 21 heavy (non-hydrogen) atoms. The molecule has 1 aliphatic carbocycles. The van der Waals surface area contributed by atoms with Crippen LogP contribution >= 0.6 is 0 Å². The molecule has 0 atom stereocenters. The van der Waals surface area contributed by atoms with Crippen LogP contribution in [0.1, 0.15) is 44.1 Å². The van der Waals surface area contributed by atoms with Gasteiger partial charge in [0.05, 0.1) is 12.0 Å². The number of nitro groups is 1. The van der Waals surface area contributed by atoms with Gasteiger partial charge in [-0.25, -0.2) is 0 Å². The van der Waals surface area contributed by atoms with Crippen LogP contribution in [0, 0.1) is 16.0 Å². The summed E-state index contributed by atoms with van der Waals surface area (Å²) in [5, 5.41) is 14.4. The van der Waals surface area contributed by atoms with Gasteiger partial charge in [-0.05, 0) is 30.5 Å². The molecule has 0 bridgehead atoms. The van der Waals surface area contributed by atoms with E-state index in [1.54, 1.807) is 12.1 Å². The summed E-state index contributed by atoms with van der Waals surface area (Å²) < 4.78 is 5.00. The number of hydrogen-bond acceptors (Lipinski definition) is 4. The summed E-state index contributed by atoms with van der Waals surface area (Å²) in [6, 6.07) is 5.13. The summed E-state index contributed by atoms with van der Waals surface area (Å²) in [5.41, 5.74) is 0.954. The van der Waals surface area contributed by atoms with E-state index in [4.69, 9.17) is 4.74 Å². The van der Waals surface area contributed by atoms with Crippen molar-refractivity contribution in [2.24, 2.45) is 5.92 Å². The van der Waals surface area contributed by atoms with Crippen LogP contribution in [0.15, 0.2) is 18.2 Å². The van der Waals surface area contributed by atoms with Gasteiger partial charge in [0.15, 0.2) is 5.75 Å². The van der Waals surface area contributed by atoms with Crippen molar-refractivity contribution in [2.45, 2.75) is 45.1 Å². The summed E-state index contributed by atoms with van der Waals surface area (Å²) in [6.45, 7) is 1.64. The average molecular weight is 292 g/mol. The number of nitro benzene ring substituents is 1. The first-order chi connectivity index (χ1) is 10.2. The number of benzene rings is 1. The number of rotatable bonds is 7. The maximum atomic E-state index is 11.0. The molecule has 1 aromatic carbocycles. The van der Waals surface area contributed by atoms with Gasteiger partial charge in [-0.15, -0.1) is 0 Å². The first kappa shape index (κ1) is 15.8. The zero-order chi connectivity index (χ0) is 15.1. The van der Waals surface area contributed by atoms with Gasteiger partial charge in [-0.3, -0.25) is 10.1 Å². The molecule has 0 heterocycles. The lowest BCUT2D eigenvalue weighted by Crippen LogP contribution is -2.19. The minimum atomic E-state index is -0.398. The van der Waals surface area contributed by atoms with E-state index in [1.165, 1.54) is 45.6 Å². The summed E-state index contributed by atoms with van der Waals surface area (Å²) in [6.07, 6.45) is 8.05. The highest BCUT2D eigenvalue weighted by Gasteiger charge is 2.15. The fourth-order valence-electron chi connectivity index (χ4n) is 3.00. The first-order valence-corrected chi connectivity index (χ1v) is 7.72. The molecule has 0 unspecified atom stereocenters. The summed E-state index contributed by atoms with van der Waals surface area (Å²) >= 11 is 0. The number of nitrogens with one attached hydrogen (secondary N) is 1. The van der Waals surface area contributed by atoms with E-state index in [-0.39, 0.29) is 5.69 Å². The van der Waals surface area contributed by atoms with Crippen molar-refractivity contribution >= 4 is 5.69 Å². The van der Waals surface area contributed by atoms with Crippen LogP contribution in [0.2, 0.25) is 0 Å². The van der Waals surface area contributed by atoms with Crippen molar-refractivity contribution in [3.05, 3.63) is 33.9 Å². The maximum Gasteiger partial charge on any atom is 0.311 e. The molecule has 0 saturated heterocycles. The Morgan fingerprint density at radius 1 is 1.33 bits per heavy atom. The van der Waals surface area contributed by atoms with Gasteiger partial charge >= 0.3 is 5.69 Å². The third kappa shape index (κ3) is 4.70. The maximum absolute atomic E-state index is 11.0. The lowest BCUT2D eigenvalue weighted by molar-refractivity contribution is -0.385. The predicted molar refractivity (Wildman–Crippen MR) is 82.5 cm³/mol. The molecule has 1 N–H and O–H groups in total. The van der Waals surface area contributed by atoms with Crippen molar-refractivity contribution in [1.82, 2.24) is 5.32 Å². The summed E-state index contributed by atoms with van der Waals surface area (Å²) in [4.78, 5) is 10.6. The van der Waals surface area contributed by atoms with Crippen molar-refractivity contribution in [1.29, 1.82) is 0 Å². The zero-order valence-electron chi connectivity index (χ0n) is 12.6. The monoisotopic (exact) mass is 292 g/mol. The molecule has 5 nitrogen and oxygen atoms in total. The second-order valence-corrected chi connectivity index (χ2v) is 5.73. The fourth-order valence-corrected chi connectivity index (χ4v) is 3.00. The van der Waals surface area contributed by atoms with Crippen LogP contribution in [0.5, 0.6) is 5.75 Å². The molecule has 0 radical (unpaired) electrons. The Kier molecular flexibility index (Phi) is 5.99. The van der Waals surface area contributed by atoms with E-state index in [1.807, 2.05) is 6.07 Å². The number of methoxy groups -OCH3 is 1. The largest absolute Gasteiger partial charge is 0.490 e. The van der Waals surface area contributed by atoms with E-state index in [2.05, 4.69) is 5.32 Å². The summed E-state index contributed by atoms with van der Waals surface area (Å²) in [5.74, 6) is 1.17. The molecule has 1 aromatic rings. The fraction of sp³-hybridized carbons (Fsp3) is 0.625. The van der Waals surface area contributed by atoms with Gasteiger partial charge in [-0.2, -0.15) is 0 Å². The molecular formula is C16H24N2O3. The minimum absolute atomic E-state index is 0.0316. The van der Waals surface area contributed by atoms with Gasteiger partial charge in [-0.1, -0.05) is 38.2 Å². The van der Waals surface area contributed by atoms with E-state index in [0.717, 1.165) is 18.0 Å². The number of hydrogen-bond donors (Lipinski definition) is 1. The zero-order valence-corrected chi connectivity index (χ0v) is 12.6. The smallest absolute Gasteiger partial charge is 0.311 e. The van der Waals surface area contributed by atoms with Gasteiger partial charge < -0.3 is 10.1 Å². The Morgan fingerprint density at radius 2 is 2.10 bits per heavy atom. The Morgan fingerprint density at radius 3 is 2.76 bits per heavy atom. The molecule has 1 fully saturated rings. The Hall–Kier alpha value is -1.62. The van der Waals surface area contributed by atoms with E-state index < -0.39 is 4.92 Å². The molecule has 0 amide bonds. The van der Waals surface area contributed by atoms with Crippen LogP contribution in [-0.2, 0) is 6.54 Å². The predicted octanol–water partition coefficient (Wildman–Crippen LogP) is 3.66. The molecule has 0 aromatic heterocycles. The summed E-state index contributed by atoms with van der Waals surface area (Å²) in [7, 11) is 1.45. The Balaban J connectivity index is 1.80. The van der Waals surface area contributed by atoms with Crippen molar-refractivity contribution in [3.63, 3.8) is 0 Å². The van der Waals surface area contributed by atoms with Gasteiger partial charge in [0, 0.05) is 12.6 Å². The van der Waals surface area contributed by atoms with Crippen LogP contribution in [-0.4, -0.2) is 18.6 Å². The average Bonchev–Trinajstić information content (AvgIpc) is 2.52. The lowest BCUT2D eigenvalue weighted by Gasteiger charge is -2.21.